The topological polar surface area (TPSA) is 26.3 Å². The largest absolute Gasteiger partial charge is 0.462 e. The first-order valence-electron chi connectivity index (χ1n) is 9.80. The van der Waals surface area contributed by atoms with Gasteiger partial charge in [0.15, 0.2) is 0 Å². The fourth-order valence-electron chi connectivity index (χ4n) is 5.24. The third-order valence-corrected chi connectivity index (χ3v) is 6.82. The highest BCUT2D eigenvalue weighted by molar-refractivity contribution is 5.66. The SMILES string of the molecule is C=C1C2CC=C3CC(OC(C)=O)CCC3(C)C2CCC1(C)C.CC. The molecule has 0 aromatic rings. The molecule has 0 saturated heterocycles. The van der Waals surface area contributed by atoms with Crippen molar-refractivity contribution in [1.29, 1.82) is 0 Å². The molecule has 0 bridgehead atoms. The van der Waals surface area contributed by atoms with Gasteiger partial charge in [0.25, 0.3) is 0 Å². The lowest BCUT2D eigenvalue weighted by molar-refractivity contribution is -0.148. The lowest BCUT2D eigenvalue weighted by Gasteiger charge is -2.55. The van der Waals surface area contributed by atoms with Crippen molar-refractivity contribution >= 4 is 5.97 Å². The van der Waals surface area contributed by atoms with Crippen molar-refractivity contribution in [3.05, 3.63) is 23.8 Å². The Hall–Kier alpha value is -1.05. The molecule has 0 heterocycles. The van der Waals surface area contributed by atoms with Crippen molar-refractivity contribution in [2.75, 3.05) is 0 Å². The second-order valence-electron chi connectivity index (χ2n) is 8.52. The van der Waals surface area contributed by atoms with E-state index < -0.39 is 0 Å². The summed E-state index contributed by atoms with van der Waals surface area (Å²) in [7, 11) is 0. The molecule has 4 atom stereocenters. The summed E-state index contributed by atoms with van der Waals surface area (Å²) in [5, 5.41) is 0. The fraction of sp³-hybridized carbons (Fsp3) is 0.773. The predicted octanol–water partition coefficient (Wildman–Crippen LogP) is 6.07. The van der Waals surface area contributed by atoms with Crippen molar-refractivity contribution in [3.8, 4) is 0 Å². The number of hydrogen-bond acceptors (Lipinski definition) is 2. The van der Waals surface area contributed by atoms with Crippen LogP contribution in [-0.2, 0) is 9.53 Å². The van der Waals surface area contributed by atoms with Crippen molar-refractivity contribution in [2.24, 2.45) is 22.7 Å². The first-order valence-corrected chi connectivity index (χ1v) is 9.80. The molecule has 2 saturated carbocycles. The molecule has 3 rings (SSSR count). The van der Waals surface area contributed by atoms with E-state index in [2.05, 4.69) is 33.4 Å². The van der Waals surface area contributed by atoms with E-state index in [0.29, 0.717) is 11.3 Å². The Morgan fingerprint density at radius 1 is 1.21 bits per heavy atom. The number of hydrogen-bond donors (Lipinski definition) is 0. The van der Waals surface area contributed by atoms with Gasteiger partial charge >= 0.3 is 5.97 Å². The highest BCUT2D eigenvalue weighted by atomic mass is 16.5. The summed E-state index contributed by atoms with van der Waals surface area (Å²) in [5.41, 5.74) is 3.58. The van der Waals surface area contributed by atoms with Gasteiger partial charge in [0.05, 0.1) is 0 Å². The van der Waals surface area contributed by atoms with Gasteiger partial charge in [-0.05, 0) is 54.8 Å². The van der Waals surface area contributed by atoms with Crippen LogP contribution in [0.3, 0.4) is 0 Å². The molecule has 0 aliphatic heterocycles. The molecule has 2 heteroatoms. The second kappa shape index (κ2) is 7.06. The van der Waals surface area contributed by atoms with Crippen LogP contribution in [0.5, 0.6) is 0 Å². The molecule has 0 N–H and O–H groups in total. The van der Waals surface area contributed by atoms with E-state index in [-0.39, 0.29) is 17.5 Å². The first-order chi connectivity index (χ1) is 11.2. The number of fused-ring (bicyclic) bond motifs is 3. The molecule has 3 aliphatic rings. The Kier molecular flexibility index (Phi) is 5.67. The molecule has 0 spiro atoms. The van der Waals surface area contributed by atoms with Crippen molar-refractivity contribution in [1.82, 2.24) is 0 Å². The second-order valence-corrected chi connectivity index (χ2v) is 8.52. The number of esters is 1. The van der Waals surface area contributed by atoms with Gasteiger partial charge in [0.2, 0.25) is 0 Å². The number of carbonyl (C=O) groups is 1. The van der Waals surface area contributed by atoms with Gasteiger partial charge in [-0.25, -0.2) is 0 Å². The first kappa shape index (κ1) is 19.3. The van der Waals surface area contributed by atoms with E-state index in [1.54, 1.807) is 5.57 Å². The van der Waals surface area contributed by atoms with Gasteiger partial charge < -0.3 is 4.74 Å². The maximum atomic E-state index is 11.2. The van der Waals surface area contributed by atoms with Gasteiger partial charge in [-0.3, -0.25) is 4.79 Å². The number of carbonyl (C=O) groups excluding carboxylic acids is 1. The molecule has 4 unspecified atom stereocenters. The lowest BCUT2D eigenvalue weighted by atomic mass is 9.49. The zero-order valence-electron chi connectivity index (χ0n) is 16.6. The fourth-order valence-corrected chi connectivity index (χ4v) is 5.24. The standard InChI is InChI=1S/C20H30O2.C2H6/c1-13-17-7-6-15-12-16(22-14(2)21)8-11-20(15,5)18(17)9-10-19(13,3)4;1-2/h6,16-18H,1,7-12H2,2-5H3;1-2H3. The van der Waals surface area contributed by atoms with Crippen LogP contribution in [0.2, 0.25) is 0 Å². The molecular formula is C22H36O2. The highest BCUT2D eigenvalue weighted by Gasteiger charge is 2.51. The van der Waals surface area contributed by atoms with Gasteiger partial charge in [-0.1, -0.05) is 58.4 Å². The van der Waals surface area contributed by atoms with Crippen LogP contribution in [0.15, 0.2) is 23.8 Å². The summed E-state index contributed by atoms with van der Waals surface area (Å²) in [4.78, 5) is 11.2. The minimum absolute atomic E-state index is 0.0941. The van der Waals surface area contributed by atoms with Crippen molar-refractivity contribution < 1.29 is 9.53 Å². The number of rotatable bonds is 1. The Morgan fingerprint density at radius 2 is 1.88 bits per heavy atom. The van der Waals surface area contributed by atoms with Crippen LogP contribution >= 0.6 is 0 Å². The Bertz CT molecular complexity index is 528. The van der Waals surface area contributed by atoms with Crippen LogP contribution in [-0.4, -0.2) is 12.1 Å². The smallest absolute Gasteiger partial charge is 0.302 e. The van der Waals surface area contributed by atoms with E-state index in [4.69, 9.17) is 4.74 Å². The van der Waals surface area contributed by atoms with Crippen LogP contribution in [0.1, 0.15) is 80.1 Å². The minimum atomic E-state index is -0.143. The maximum absolute atomic E-state index is 11.2. The molecule has 3 aliphatic carbocycles. The third-order valence-electron chi connectivity index (χ3n) is 6.82. The average molecular weight is 333 g/mol. The molecule has 0 aromatic carbocycles. The van der Waals surface area contributed by atoms with E-state index in [9.17, 15) is 4.79 Å². The van der Waals surface area contributed by atoms with Gasteiger partial charge in [-0.15, -0.1) is 0 Å². The van der Waals surface area contributed by atoms with E-state index >= 15 is 0 Å². The Labute approximate surface area is 148 Å². The normalized spacial score (nSPS) is 37.2. The summed E-state index contributed by atoms with van der Waals surface area (Å²) in [5.74, 6) is 1.23. The molecule has 2 nitrogen and oxygen atoms in total. The van der Waals surface area contributed by atoms with E-state index in [1.165, 1.54) is 25.3 Å². The van der Waals surface area contributed by atoms with Gasteiger partial charge in [0, 0.05) is 13.3 Å². The molecule has 2 fully saturated rings. The molecule has 0 radical (unpaired) electrons. The molecule has 136 valence electrons. The summed E-state index contributed by atoms with van der Waals surface area (Å²) >= 11 is 0. The van der Waals surface area contributed by atoms with Crippen molar-refractivity contribution in [3.63, 3.8) is 0 Å². The average Bonchev–Trinajstić information content (AvgIpc) is 2.53. The van der Waals surface area contributed by atoms with Crippen molar-refractivity contribution in [2.45, 2.75) is 86.2 Å². The van der Waals surface area contributed by atoms with Crippen LogP contribution in [0, 0.1) is 22.7 Å². The Balaban J connectivity index is 0.00000100. The number of ether oxygens (including phenoxy) is 1. The minimum Gasteiger partial charge on any atom is -0.462 e. The lowest BCUT2D eigenvalue weighted by Crippen LogP contribution is -2.47. The molecular weight excluding hydrogens is 296 g/mol. The predicted molar refractivity (Wildman–Crippen MR) is 101 cm³/mol. The van der Waals surface area contributed by atoms with Gasteiger partial charge in [-0.2, -0.15) is 0 Å². The third kappa shape index (κ3) is 3.34. The summed E-state index contributed by atoms with van der Waals surface area (Å²) < 4.78 is 5.48. The highest BCUT2D eigenvalue weighted by Crippen LogP contribution is 2.60. The summed E-state index contributed by atoms with van der Waals surface area (Å²) in [6.07, 6.45) is 9.32. The molecule has 0 aromatic heterocycles. The quantitative estimate of drug-likeness (QED) is 0.430. The monoisotopic (exact) mass is 332 g/mol. The zero-order chi connectivity index (χ0) is 18.1. The van der Waals surface area contributed by atoms with Gasteiger partial charge in [0.1, 0.15) is 6.10 Å². The van der Waals surface area contributed by atoms with E-state index in [0.717, 1.165) is 31.6 Å². The Morgan fingerprint density at radius 3 is 2.50 bits per heavy atom. The van der Waals surface area contributed by atoms with Crippen LogP contribution in [0.25, 0.3) is 0 Å². The summed E-state index contributed by atoms with van der Waals surface area (Å²) in [6.45, 7) is 17.1. The van der Waals surface area contributed by atoms with Crippen LogP contribution < -0.4 is 0 Å². The molecule has 24 heavy (non-hydrogen) atoms. The number of allylic oxidation sites excluding steroid dienone is 2. The molecule has 0 amide bonds. The summed E-state index contributed by atoms with van der Waals surface area (Å²) in [6, 6.07) is 0. The maximum Gasteiger partial charge on any atom is 0.302 e. The van der Waals surface area contributed by atoms with Crippen LogP contribution in [0.4, 0.5) is 0 Å². The zero-order valence-corrected chi connectivity index (χ0v) is 16.6. The van der Waals surface area contributed by atoms with E-state index in [1.807, 2.05) is 13.8 Å².